The molecule has 1 fully saturated rings. The lowest BCUT2D eigenvalue weighted by Crippen LogP contribution is -2.35. The summed E-state index contributed by atoms with van der Waals surface area (Å²) in [7, 11) is 0. The molecule has 6 heteroatoms. The number of fused-ring (bicyclic) bond motifs is 1. The Balaban J connectivity index is 1.72. The van der Waals surface area contributed by atoms with E-state index in [-0.39, 0.29) is 0 Å². The van der Waals surface area contributed by atoms with Crippen molar-refractivity contribution in [2.75, 3.05) is 18.0 Å². The number of benzene rings is 1. The molecule has 0 spiro atoms. The van der Waals surface area contributed by atoms with E-state index >= 15 is 0 Å². The summed E-state index contributed by atoms with van der Waals surface area (Å²) in [5.74, 6) is 1.40. The van der Waals surface area contributed by atoms with Crippen molar-refractivity contribution in [1.29, 1.82) is 5.26 Å². The molecule has 132 valence electrons. The van der Waals surface area contributed by atoms with E-state index in [0.717, 1.165) is 48.3 Å². The number of piperidine rings is 1. The summed E-state index contributed by atoms with van der Waals surface area (Å²) in [5, 5.41) is 19.0. The van der Waals surface area contributed by atoms with Crippen LogP contribution >= 0.6 is 0 Å². The van der Waals surface area contributed by atoms with Crippen molar-refractivity contribution in [3.05, 3.63) is 48.2 Å². The summed E-state index contributed by atoms with van der Waals surface area (Å²) < 4.78 is 2.17. The molecule has 1 unspecified atom stereocenters. The Bertz CT molecular complexity index is 968. The van der Waals surface area contributed by atoms with Gasteiger partial charge in [-0.15, -0.1) is 10.2 Å². The molecule has 0 N–H and O–H groups in total. The standard InChI is InChI=1S/C20H22N6/c1-14(2)26-13-22-24-20(26)15-6-5-9-25(12-15)19-10-16(11-21)23-18-8-4-3-7-17(18)19/h3-4,7-8,10,13-15H,5-6,9,12H2,1-2H3. The van der Waals surface area contributed by atoms with Crippen molar-refractivity contribution in [3.63, 3.8) is 0 Å². The predicted molar refractivity (Wildman–Crippen MR) is 101 cm³/mol. The Morgan fingerprint density at radius 1 is 1.27 bits per heavy atom. The van der Waals surface area contributed by atoms with Gasteiger partial charge in [0, 0.05) is 36.1 Å². The van der Waals surface area contributed by atoms with Crippen molar-refractivity contribution in [1.82, 2.24) is 19.7 Å². The number of hydrogen-bond donors (Lipinski definition) is 0. The van der Waals surface area contributed by atoms with Gasteiger partial charge < -0.3 is 9.47 Å². The van der Waals surface area contributed by atoms with Crippen LogP contribution in [0.5, 0.6) is 0 Å². The fourth-order valence-corrected chi connectivity index (χ4v) is 3.82. The Morgan fingerprint density at radius 2 is 2.12 bits per heavy atom. The maximum absolute atomic E-state index is 9.37. The zero-order valence-electron chi connectivity index (χ0n) is 15.1. The zero-order valence-corrected chi connectivity index (χ0v) is 15.1. The van der Waals surface area contributed by atoms with Gasteiger partial charge in [-0.2, -0.15) is 5.26 Å². The Kier molecular flexibility index (Phi) is 4.29. The average Bonchev–Trinajstić information content (AvgIpc) is 3.17. The van der Waals surface area contributed by atoms with Crippen LogP contribution in [-0.2, 0) is 0 Å². The third kappa shape index (κ3) is 2.90. The van der Waals surface area contributed by atoms with Crippen molar-refractivity contribution >= 4 is 16.6 Å². The van der Waals surface area contributed by atoms with E-state index in [9.17, 15) is 5.26 Å². The van der Waals surface area contributed by atoms with Gasteiger partial charge in [0.15, 0.2) is 0 Å². The molecule has 6 nitrogen and oxygen atoms in total. The number of pyridine rings is 1. The van der Waals surface area contributed by atoms with Crippen molar-refractivity contribution in [3.8, 4) is 6.07 Å². The van der Waals surface area contributed by atoms with Crippen molar-refractivity contribution in [2.24, 2.45) is 0 Å². The van der Waals surface area contributed by atoms with Gasteiger partial charge in [0.25, 0.3) is 0 Å². The average molecular weight is 346 g/mol. The fourth-order valence-electron chi connectivity index (χ4n) is 3.82. The minimum atomic E-state index is 0.339. The summed E-state index contributed by atoms with van der Waals surface area (Å²) in [4.78, 5) is 6.81. The highest BCUT2D eigenvalue weighted by atomic mass is 15.3. The minimum Gasteiger partial charge on any atom is -0.370 e. The highest BCUT2D eigenvalue weighted by molar-refractivity contribution is 5.92. The van der Waals surface area contributed by atoms with Gasteiger partial charge in [-0.1, -0.05) is 18.2 Å². The van der Waals surface area contributed by atoms with E-state index in [1.54, 1.807) is 0 Å². The van der Waals surface area contributed by atoms with Crippen LogP contribution in [0.4, 0.5) is 5.69 Å². The van der Waals surface area contributed by atoms with Crippen LogP contribution in [0.25, 0.3) is 10.9 Å². The van der Waals surface area contributed by atoms with Gasteiger partial charge in [-0.05, 0) is 38.8 Å². The quantitative estimate of drug-likeness (QED) is 0.724. The third-order valence-electron chi connectivity index (χ3n) is 5.09. The first kappa shape index (κ1) is 16.5. The van der Waals surface area contributed by atoms with Gasteiger partial charge >= 0.3 is 0 Å². The molecule has 0 amide bonds. The molecule has 2 aromatic heterocycles. The molecule has 1 atom stereocenters. The second kappa shape index (κ2) is 6.75. The van der Waals surface area contributed by atoms with Crippen LogP contribution in [0.3, 0.4) is 0 Å². The van der Waals surface area contributed by atoms with Gasteiger partial charge in [-0.3, -0.25) is 0 Å². The van der Waals surface area contributed by atoms with Crippen LogP contribution < -0.4 is 4.90 Å². The molecule has 1 aromatic carbocycles. The van der Waals surface area contributed by atoms with Gasteiger partial charge in [0.2, 0.25) is 0 Å². The van der Waals surface area contributed by atoms with Crippen molar-refractivity contribution < 1.29 is 0 Å². The number of nitriles is 1. The number of nitrogens with zero attached hydrogens (tertiary/aromatic N) is 6. The molecule has 0 saturated carbocycles. The molecule has 0 bridgehead atoms. The molecule has 26 heavy (non-hydrogen) atoms. The van der Waals surface area contributed by atoms with Crippen LogP contribution in [0, 0.1) is 11.3 Å². The summed E-state index contributed by atoms with van der Waals surface area (Å²) in [5.41, 5.74) is 2.42. The summed E-state index contributed by atoms with van der Waals surface area (Å²) in [6.45, 7) is 6.17. The molecule has 3 aromatic rings. The maximum atomic E-state index is 9.37. The number of rotatable bonds is 3. The normalized spacial score (nSPS) is 17.6. The highest BCUT2D eigenvalue weighted by Crippen LogP contribution is 2.33. The molecule has 0 radical (unpaired) electrons. The molecule has 3 heterocycles. The number of para-hydroxylation sites is 1. The first-order valence-electron chi connectivity index (χ1n) is 9.11. The van der Waals surface area contributed by atoms with E-state index < -0.39 is 0 Å². The molecular weight excluding hydrogens is 324 g/mol. The number of hydrogen-bond acceptors (Lipinski definition) is 5. The number of anilines is 1. The summed E-state index contributed by atoms with van der Waals surface area (Å²) >= 11 is 0. The minimum absolute atomic E-state index is 0.339. The molecule has 1 aliphatic rings. The first-order chi connectivity index (χ1) is 12.7. The van der Waals surface area contributed by atoms with E-state index in [1.165, 1.54) is 0 Å². The van der Waals surface area contributed by atoms with Gasteiger partial charge in [0.1, 0.15) is 23.9 Å². The molecule has 1 aliphatic heterocycles. The smallest absolute Gasteiger partial charge is 0.143 e. The van der Waals surface area contributed by atoms with Crippen LogP contribution in [-0.4, -0.2) is 32.8 Å². The monoisotopic (exact) mass is 346 g/mol. The van der Waals surface area contributed by atoms with E-state index in [4.69, 9.17) is 0 Å². The lowest BCUT2D eigenvalue weighted by Gasteiger charge is -2.35. The maximum Gasteiger partial charge on any atom is 0.143 e. The fraction of sp³-hybridized carbons (Fsp3) is 0.400. The van der Waals surface area contributed by atoms with Crippen LogP contribution in [0.15, 0.2) is 36.7 Å². The predicted octanol–water partition coefficient (Wildman–Crippen LogP) is 3.66. The number of aromatic nitrogens is 4. The van der Waals surface area contributed by atoms with Crippen LogP contribution in [0.2, 0.25) is 0 Å². The Labute approximate surface area is 153 Å². The van der Waals surface area contributed by atoms with Crippen molar-refractivity contribution in [2.45, 2.75) is 38.6 Å². The van der Waals surface area contributed by atoms with Crippen LogP contribution in [0.1, 0.15) is 50.2 Å². The lowest BCUT2D eigenvalue weighted by atomic mass is 9.95. The molecule has 0 aliphatic carbocycles. The SMILES string of the molecule is CC(C)n1cnnc1C1CCCN(c2cc(C#N)nc3ccccc23)C1. The third-order valence-corrected chi connectivity index (χ3v) is 5.09. The summed E-state index contributed by atoms with van der Waals surface area (Å²) in [6.07, 6.45) is 4.03. The van der Waals surface area contributed by atoms with E-state index in [2.05, 4.69) is 50.6 Å². The molecule has 4 rings (SSSR count). The highest BCUT2D eigenvalue weighted by Gasteiger charge is 2.27. The Hall–Kier alpha value is -2.94. The second-order valence-corrected chi connectivity index (χ2v) is 7.13. The zero-order chi connectivity index (χ0) is 18.1. The van der Waals surface area contributed by atoms with Gasteiger partial charge in [0.05, 0.1) is 5.52 Å². The summed E-state index contributed by atoms with van der Waals surface area (Å²) in [6, 6.07) is 12.5. The van der Waals surface area contributed by atoms with E-state index in [1.807, 2.05) is 30.6 Å². The molecular formula is C20H22N6. The molecule has 1 saturated heterocycles. The van der Waals surface area contributed by atoms with Gasteiger partial charge in [-0.25, -0.2) is 4.98 Å². The second-order valence-electron chi connectivity index (χ2n) is 7.13. The first-order valence-corrected chi connectivity index (χ1v) is 9.11. The topological polar surface area (TPSA) is 70.6 Å². The largest absolute Gasteiger partial charge is 0.370 e. The van der Waals surface area contributed by atoms with E-state index in [0.29, 0.717) is 17.7 Å². The lowest BCUT2D eigenvalue weighted by molar-refractivity contribution is 0.455. The Morgan fingerprint density at radius 3 is 2.92 bits per heavy atom.